The largest absolute Gasteiger partial charge is 0.491 e. The number of aromatic nitrogens is 2. The predicted molar refractivity (Wildman–Crippen MR) is 132 cm³/mol. The third-order valence-corrected chi connectivity index (χ3v) is 5.79. The standard InChI is InChI=1S/C28H20F3N3O3/c1-16-7-12-23(36-16)22-15-33-26(37-27(35)28(29,30)31)21-13-20(18-5-3-2-4-6-18)24(34-25(21)22)19-10-8-17(14-32)9-11-19/h2-13,15H,14,32H2,1H3. The van der Waals surface area contributed by atoms with Crippen LogP contribution in [0.25, 0.3) is 44.6 Å². The number of nitrogens with zero attached hydrogens (tertiary/aromatic N) is 2. The fourth-order valence-corrected chi connectivity index (χ4v) is 3.98. The molecule has 0 saturated carbocycles. The van der Waals surface area contributed by atoms with Crippen molar-refractivity contribution in [1.82, 2.24) is 9.97 Å². The van der Waals surface area contributed by atoms with Crippen molar-refractivity contribution < 1.29 is 27.1 Å². The topological polar surface area (TPSA) is 91.2 Å². The molecule has 37 heavy (non-hydrogen) atoms. The molecule has 3 heterocycles. The summed E-state index contributed by atoms with van der Waals surface area (Å²) in [6, 6.07) is 21.9. The van der Waals surface area contributed by atoms with Crippen LogP contribution in [0.1, 0.15) is 11.3 Å². The van der Waals surface area contributed by atoms with E-state index >= 15 is 0 Å². The first-order chi connectivity index (χ1) is 17.7. The normalized spacial score (nSPS) is 11.6. The number of ether oxygens (including phenoxy) is 1. The number of esters is 1. The summed E-state index contributed by atoms with van der Waals surface area (Å²) < 4.78 is 49.6. The van der Waals surface area contributed by atoms with Gasteiger partial charge in [0.1, 0.15) is 11.5 Å². The van der Waals surface area contributed by atoms with Crippen molar-refractivity contribution >= 4 is 16.9 Å². The second kappa shape index (κ2) is 9.51. The molecule has 0 spiro atoms. The van der Waals surface area contributed by atoms with Crippen molar-refractivity contribution in [3.05, 3.63) is 90.3 Å². The van der Waals surface area contributed by atoms with E-state index in [1.807, 2.05) is 54.6 Å². The molecule has 0 amide bonds. The van der Waals surface area contributed by atoms with Gasteiger partial charge in [0.05, 0.1) is 22.2 Å². The van der Waals surface area contributed by atoms with E-state index in [-0.39, 0.29) is 10.9 Å². The van der Waals surface area contributed by atoms with Crippen molar-refractivity contribution in [1.29, 1.82) is 0 Å². The monoisotopic (exact) mass is 503 g/mol. The summed E-state index contributed by atoms with van der Waals surface area (Å²) in [6.07, 6.45) is -3.90. The van der Waals surface area contributed by atoms with Gasteiger partial charge in [0.15, 0.2) is 0 Å². The van der Waals surface area contributed by atoms with Crippen LogP contribution in [0.2, 0.25) is 0 Å². The van der Waals surface area contributed by atoms with Gasteiger partial charge in [-0.05, 0) is 36.2 Å². The summed E-state index contributed by atoms with van der Waals surface area (Å²) in [5, 5.41) is 0.130. The Balaban J connectivity index is 1.82. The van der Waals surface area contributed by atoms with Gasteiger partial charge in [-0.25, -0.2) is 14.8 Å². The van der Waals surface area contributed by atoms with Crippen LogP contribution in [0, 0.1) is 6.92 Å². The van der Waals surface area contributed by atoms with Crippen LogP contribution in [0.15, 0.2) is 83.4 Å². The summed E-state index contributed by atoms with van der Waals surface area (Å²) in [5.41, 5.74) is 10.1. The molecule has 0 aliphatic carbocycles. The first-order valence-corrected chi connectivity index (χ1v) is 11.3. The Bertz CT molecular complexity index is 1590. The third-order valence-electron chi connectivity index (χ3n) is 5.79. The Labute approximate surface area is 209 Å². The van der Waals surface area contributed by atoms with Crippen LogP contribution in [-0.4, -0.2) is 22.1 Å². The van der Waals surface area contributed by atoms with E-state index in [0.29, 0.717) is 34.9 Å². The lowest BCUT2D eigenvalue weighted by Crippen LogP contribution is -2.28. The van der Waals surface area contributed by atoms with Crippen LogP contribution >= 0.6 is 0 Å². The van der Waals surface area contributed by atoms with Crippen molar-refractivity contribution in [2.24, 2.45) is 5.73 Å². The number of carbonyl (C=O) groups excluding carboxylic acids is 1. The third kappa shape index (κ3) is 4.81. The van der Waals surface area contributed by atoms with Crippen LogP contribution in [0.3, 0.4) is 0 Å². The average molecular weight is 503 g/mol. The van der Waals surface area contributed by atoms with E-state index in [1.165, 1.54) is 6.20 Å². The minimum Gasteiger partial charge on any atom is -0.461 e. The molecule has 5 aromatic rings. The Morgan fingerprint density at radius 2 is 1.70 bits per heavy atom. The second-order valence-electron chi connectivity index (χ2n) is 8.32. The highest BCUT2D eigenvalue weighted by Gasteiger charge is 2.42. The van der Waals surface area contributed by atoms with Gasteiger partial charge in [0, 0.05) is 23.9 Å². The Kier molecular flexibility index (Phi) is 6.22. The zero-order valence-electron chi connectivity index (χ0n) is 19.5. The zero-order chi connectivity index (χ0) is 26.2. The molecule has 0 saturated heterocycles. The lowest BCUT2D eigenvalue weighted by Gasteiger charge is -2.15. The fourth-order valence-electron chi connectivity index (χ4n) is 3.98. The molecular formula is C28H20F3N3O3. The van der Waals surface area contributed by atoms with Gasteiger partial charge in [-0.2, -0.15) is 13.2 Å². The number of rotatable bonds is 5. The molecule has 0 atom stereocenters. The fraction of sp³-hybridized carbons (Fsp3) is 0.107. The van der Waals surface area contributed by atoms with E-state index in [1.54, 1.807) is 25.1 Å². The lowest BCUT2D eigenvalue weighted by molar-refractivity contribution is -0.189. The number of pyridine rings is 2. The molecular weight excluding hydrogens is 483 g/mol. The number of nitrogens with two attached hydrogens (primary N) is 1. The molecule has 9 heteroatoms. The number of fused-ring (bicyclic) bond motifs is 1. The molecule has 0 unspecified atom stereocenters. The molecule has 0 radical (unpaired) electrons. The van der Waals surface area contributed by atoms with Gasteiger partial charge in [-0.1, -0.05) is 54.6 Å². The maximum absolute atomic E-state index is 13.0. The Morgan fingerprint density at radius 3 is 2.32 bits per heavy atom. The van der Waals surface area contributed by atoms with Gasteiger partial charge in [0.2, 0.25) is 5.88 Å². The highest BCUT2D eigenvalue weighted by molar-refractivity contribution is 6.01. The summed E-state index contributed by atoms with van der Waals surface area (Å²) in [4.78, 5) is 20.6. The molecule has 2 aromatic carbocycles. The molecule has 0 bridgehead atoms. The summed E-state index contributed by atoms with van der Waals surface area (Å²) in [7, 11) is 0. The first-order valence-electron chi connectivity index (χ1n) is 11.3. The van der Waals surface area contributed by atoms with Gasteiger partial charge in [-0.3, -0.25) is 0 Å². The molecule has 5 rings (SSSR count). The van der Waals surface area contributed by atoms with Gasteiger partial charge < -0.3 is 14.9 Å². The minimum atomic E-state index is -5.19. The van der Waals surface area contributed by atoms with Crippen LogP contribution in [0.4, 0.5) is 13.2 Å². The highest BCUT2D eigenvalue weighted by Crippen LogP contribution is 2.40. The van der Waals surface area contributed by atoms with Gasteiger partial charge in [0.25, 0.3) is 0 Å². The zero-order valence-corrected chi connectivity index (χ0v) is 19.5. The van der Waals surface area contributed by atoms with Crippen LogP contribution in [0.5, 0.6) is 5.88 Å². The predicted octanol–water partition coefficient (Wildman–Crippen LogP) is 6.46. The maximum Gasteiger partial charge on any atom is 0.491 e. The number of halogens is 3. The number of furan rings is 1. The molecule has 0 aliphatic rings. The number of hydrogen-bond acceptors (Lipinski definition) is 6. The summed E-state index contributed by atoms with van der Waals surface area (Å²) in [5.74, 6) is -1.81. The number of alkyl halides is 3. The highest BCUT2D eigenvalue weighted by atomic mass is 19.4. The number of benzene rings is 2. The second-order valence-corrected chi connectivity index (χ2v) is 8.32. The average Bonchev–Trinajstić information content (AvgIpc) is 3.34. The summed E-state index contributed by atoms with van der Waals surface area (Å²) >= 11 is 0. The van der Waals surface area contributed by atoms with E-state index in [0.717, 1.165) is 16.7 Å². The Morgan fingerprint density at radius 1 is 0.973 bits per heavy atom. The number of hydrogen-bond donors (Lipinski definition) is 1. The molecule has 186 valence electrons. The van der Waals surface area contributed by atoms with Crippen molar-refractivity contribution in [2.45, 2.75) is 19.6 Å². The minimum absolute atomic E-state index is 0.130. The van der Waals surface area contributed by atoms with Crippen molar-refractivity contribution in [3.63, 3.8) is 0 Å². The quantitative estimate of drug-likeness (QED) is 0.277. The Hall–Kier alpha value is -4.50. The van der Waals surface area contributed by atoms with Crippen molar-refractivity contribution in [3.8, 4) is 39.6 Å². The lowest BCUT2D eigenvalue weighted by atomic mass is 9.96. The van der Waals surface area contributed by atoms with E-state index in [9.17, 15) is 18.0 Å². The van der Waals surface area contributed by atoms with E-state index in [4.69, 9.17) is 19.9 Å². The van der Waals surface area contributed by atoms with Crippen LogP contribution in [-0.2, 0) is 11.3 Å². The molecule has 0 aliphatic heterocycles. The maximum atomic E-state index is 13.0. The SMILES string of the molecule is Cc1ccc(-c2cnc(OC(=O)C(F)(F)F)c3cc(-c4ccccc4)c(-c4ccc(CN)cc4)nc23)o1. The van der Waals surface area contributed by atoms with Crippen molar-refractivity contribution in [2.75, 3.05) is 0 Å². The summed E-state index contributed by atoms with van der Waals surface area (Å²) in [6.45, 7) is 2.14. The molecule has 0 fully saturated rings. The first kappa shape index (κ1) is 24.2. The molecule has 6 nitrogen and oxygen atoms in total. The molecule has 3 aromatic heterocycles. The van der Waals surface area contributed by atoms with E-state index < -0.39 is 18.0 Å². The number of aryl methyl sites for hydroxylation is 1. The van der Waals surface area contributed by atoms with Gasteiger partial charge in [-0.15, -0.1) is 0 Å². The number of carbonyl (C=O) groups is 1. The van der Waals surface area contributed by atoms with Gasteiger partial charge >= 0.3 is 12.1 Å². The molecule has 2 N–H and O–H groups in total. The van der Waals surface area contributed by atoms with E-state index in [2.05, 4.69) is 4.98 Å². The smallest absolute Gasteiger partial charge is 0.461 e. The van der Waals surface area contributed by atoms with Crippen LogP contribution < -0.4 is 10.5 Å².